The first kappa shape index (κ1) is 42.7. The van der Waals surface area contributed by atoms with Crippen molar-refractivity contribution < 1.29 is 22.4 Å². The van der Waals surface area contributed by atoms with Crippen LogP contribution in [0.15, 0.2) is 66.9 Å². The van der Waals surface area contributed by atoms with Crippen LogP contribution in [0.4, 0.5) is 44.6 Å². The van der Waals surface area contributed by atoms with Crippen LogP contribution in [0.25, 0.3) is 0 Å². The first-order valence-electron chi connectivity index (χ1n) is 21.3. The number of hydrogen-bond acceptors (Lipinski definition) is 12. The van der Waals surface area contributed by atoms with Crippen LogP contribution in [0.5, 0.6) is 0 Å². The maximum atomic E-state index is 15.5. The average Bonchev–Trinajstić information content (AvgIpc) is 3.71. The number of piperidine rings is 3. The van der Waals surface area contributed by atoms with E-state index in [1.54, 1.807) is 12.1 Å². The summed E-state index contributed by atoms with van der Waals surface area (Å²) in [4.78, 5) is 37.1. The molecule has 0 aliphatic carbocycles. The Labute approximate surface area is 362 Å². The predicted molar refractivity (Wildman–Crippen MR) is 240 cm³/mol. The number of hydrogen-bond donors (Lipinski definition) is 5. The SMILES string of the molecule is CS(=O)(=O)N1CCc2cccc(Nc3nc(Nc4ccc(N5CCC(NCCNCCC6CCN(c7ccc(C8CCC(=O)NC8=O)cc7)CC6)CC5)c(F)c4)ncc3Cl)c21. The van der Waals surface area contributed by atoms with Crippen molar-refractivity contribution in [3.8, 4) is 0 Å². The summed E-state index contributed by atoms with van der Waals surface area (Å²) < 4.78 is 41.8. The molecule has 17 heteroatoms. The van der Waals surface area contributed by atoms with E-state index in [9.17, 15) is 18.0 Å². The second kappa shape index (κ2) is 18.9. The van der Waals surface area contributed by atoms with Crippen LogP contribution in [-0.4, -0.2) is 94.9 Å². The lowest BCUT2D eigenvalue weighted by molar-refractivity contribution is -0.134. The van der Waals surface area contributed by atoms with Gasteiger partial charge in [0.15, 0.2) is 5.82 Å². The Kier molecular flexibility index (Phi) is 13.2. The van der Waals surface area contributed by atoms with Crippen molar-refractivity contribution in [2.75, 3.05) is 83.4 Å². The lowest BCUT2D eigenvalue weighted by atomic mass is 9.90. The number of rotatable bonds is 15. The molecular formula is C44H54ClFN10O4S. The van der Waals surface area contributed by atoms with E-state index in [0.717, 1.165) is 89.0 Å². The average molecular weight is 873 g/mol. The Bertz CT molecular complexity index is 2320. The van der Waals surface area contributed by atoms with E-state index >= 15 is 4.39 Å². The molecule has 324 valence electrons. The van der Waals surface area contributed by atoms with E-state index in [1.165, 1.54) is 28.5 Å². The number of carbonyl (C=O) groups excluding carboxylic acids is 2. The molecule has 0 saturated carbocycles. The molecule has 0 radical (unpaired) electrons. The van der Waals surface area contributed by atoms with Crippen molar-refractivity contribution >= 4 is 73.6 Å². The first-order chi connectivity index (χ1) is 29.5. The topological polar surface area (TPSA) is 164 Å². The van der Waals surface area contributed by atoms with Gasteiger partial charge in [0.1, 0.15) is 10.8 Å². The molecule has 5 N–H and O–H groups in total. The fourth-order valence-corrected chi connectivity index (χ4v) is 10.1. The number of sulfonamides is 1. The third kappa shape index (κ3) is 10.4. The number of nitrogens with zero attached hydrogens (tertiary/aromatic N) is 5. The van der Waals surface area contributed by atoms with Gasteiger partial charge in [0.25, 0.3) is 0 Å². The maximum absolute atomic E-state index is 15.5. The number of aromatic nitrogens is 2. The highest BCUT2D eigenvalue weighted by Gasteiger charge is 2.30. The highest BCUT2D eigenvalue weighted by molar-refractivity contribution is 7.92. The van der Waals surface area contributed by atoms with Gasteiger partial charge in [-0.3, -0.25) is 19.2 Å². The van der Waals surface area contributed by atoms with Gasteiger partial charge in [-0.15, -0.1) is 0 Å². The van der Waals surface area contributed by atoms with Crippen LogP contribution < -0.4 is 40.7 Å². The molecule has 4 aliphatic heterocycles. The summed E-state index contributed by atoms with van der Waals surface area (Å²) in [6.07, 6.45) is 9.55. The molecule has 5 heterocycles. The number of halogens is 2. The number of benzene rings is 3. The minimum Gasteiger partial charge on any atom is -0.372 e. The van der Waals surface area contributed by atoms with E-state index < -0.39 is 10.0 Å². The molecule has 2 amide bonds. The van der Waals surface area contributed by atoms with Crippen LogP contribution >= 0.6 is 11.6 Å². The van der Waals surface area contributed by atoms with Crippen LogP contribution in [0.2, 0.25) is 5.02 Å². The molecule has 1 unspecified atom stereocenters. The minimum atomic E-state index is -3.47. The fraction of sp³-hybridized carbons (Fsp3) is 0.455. The molecule has 0 bridgehead atoms. The van der Waals surface area contributed by atoms with Gasteiger partial charge in [-0.1, -0.05) is 35.9 Å². The summed E-state index contributed by atoms with van der Waals surface area (Å²) in [5.74, 6) is 0.247. The lowest BCUT2D eigenvalue weighted by Gasteiger charge is -2.34. The minimum absolute atomic E-state index is 0.185. The van der Waals surface area contributed by atoms with Gasteiger partial charge >= 0.3 is 0 Å². The van der Waals surface area contributed by atoms with Gasteiger partial charge in [0.05, 0.1) is 35.4 Å². The van der Waals surface area contributed by atoms with Crippen molar-refractivity contribution in [2.45, 2.75) is 63.3 Å². The van der Waals surface area contributed by atoms with E-state index in [0.29, 0.717) is 66.3 Å². The van der Waals surface area contributed by atoms with Crippen LogP contribution in [0.3, 0.4) is 0 Å². The Hall–Kier alpha value is -5.03. The van der Waals surface area contributed by atoms with Crippen LogP contribution in [-0.2, 0) is 26.0 Å². The molecule has 4 aliphatic rings. The lowest BCUT2D eigenvalue weighted by Crippen LogP contribution is -2.44. The van der Waals surface area contributed by atoms with E-state index in [4.69, 9.17) is 11.6 Å². The second-order valence-electron chi connectivity index (χ2n) is 16.5. The molecule has 3 saturated heterocycles. The largest absolute Gasteiger partial charge is 0.372 e. The number of para-hydroxylation sites is 1. The molecule has 1 atom stereocenters. The summed E-state index contributed by atoms with van der Waals surface area (Å²) in [6.45, 7) is 6.74. The smallest absolute Gasteiger partial charge is 0.234 e. The summed E-state index contributed by atoms with van der Waals surface area (Å²) in [7, 11) is -3.47. The van der Waals surface area contributed by atoms with Gasteiger partial charge in [-0.05, 0) is 105 Å². The first-order valence-corrected chi connectivity index (χ1v) is 23.5. The van der Waals surface area contributed by atoms with Gasteiger partial charge in [-0.2, -0.15) is 4.98 Å². The van der Waals surface area contributed by atoms with Gasteiger partial charge in [-0.25, -0.2) is 17.8 Å². The quantitative estimate of drug-likeness (QED) is 0.0695. The number of nitrogens with one attached hydrogen (secondary N) is 5. The van der Waals surface area contributed by atoms with E-state index in [1.807, 2.05) is 30.3 Å². The standard InChI is InChI=1S/C44H54ClFN10O4S/c1-61(59,60)56-26-16-31-3-2-4-38(41(31)56)51-42-36(45)28-49-44(53-42)50-33-7-11-39(37(46)27-33)55-24-17-32(18-25-55)48-21-20-47-19-13-29-14-22-54(23-15-29)34-8-5-30(6-9-34)35-10-12-40(57)52-43(35)58/h2-9,11,27-29,32,35,47-48H,10,12-26H2,1H3,(H,52,57,58)(H2,49,50,51,53). The fourth-order valence-electron chi connectivity index (χ4n) is 9.00. The third-order valence-corrected chi connectivity index (χ3v) is 13.8. The van der Waals surface area contributed by atoms with Crippen molar-refractivity contribution in [1.82, 2.24) is 25.9 Å². The summed E-state index contributed by atoms with van der Waals surface area (Å²) >= 11 is 6.45. The van der Waals surface area contributed by atoms with Gasteiger partial charge < -0.3 is 31.1 Å². The molecule has 3 aromatic carbocycles. The van der Waals surface area contributed by atoms with E-state index in [2.05, 4.69) is 58.5 Å². The second-order valence-corrected chi connectivity index (χ2v) is 18.8. The zero-order valence-electron chi connectivity index (χ0n) is 34.4. The monoisotopic (exact) mass is 872 g/mol. The van der Waals surface area contributed by atoms with Gasteiger partial charge in [0, 0.05) is 69.7 Å². The number of imide groups is 1. The van der Waals surface area contributed by atoms with Crippen molar-refractivity contribution in [1.29, 1.82) is 0 Å². The van der Waals surface area contributed by atoms with Gasteiger partial charge in [0.2, 0.25) is 27.8 Å². The molecular weight excluding hydrogens is 819 g/mol. The van der Waals surface area contributed by atoms with Crippen molar-refractivity contribution in [2.24, 2.45) is 5.92 Å². The van der Waals surface area contributed by atoms with E-state index in [-0.39, 0.29) is 34.5 Å². The molecule has 61 heavy (non-hydrogen) atoms. The number of amides is 2. The summed E-state index contributed by atoms with van der Waals surface area (Å²) in [6, 6.07) is 19.3. The number of fused-ring (bicyclic) bond motifs is 1. The van der Waals surface area contributed by atoms with Crippen LogP contribution in [0.1, 0.15) is 62.0 Å². The normalized spacial score (nSPS) is 18.9. The zero-order chi connectivity index (χ0) is 42.5. The Balaban J connectivity index is 0.727. The Morgan fingerprint density at radius 3 is 2.38 bits per heavy atom. The predicted octanol–water partition coefficient (Wildman–Crippen LogP) is 6.05. The maximum Gasteiger partial charge on any atom is 0.234 e. The summed E-state index contributed by atoms with van der Waals surface area (Å²) in [5.41, 5.74) is 5.27. The molecule has 1 aromatic heterocycles. The van der Waals surface area contributed by atoms with Crippen molar-refractivity contribution in [3.05, 3.63) is 88.8 Å². The van der Waals surface area contributed by atoms with Crippen molar-refractivity contribution in [3.63, 3.8) is 0 Å². The molecule has 4 aromatic rings. The summed E-state index contributed by atoms with van der Waals surface area (Å²) in [5, 5.41) is 16.3. The number of anilines is 7. The molecule has 8 rings (SSSR count). The third-order valence-electron chi connectivity index (χ3n) is 12.4. The van der Waals surface area contributed by atoms with Crippen LogP contribution in [0, 0.1) is 11.7 Å². The molecule has 3 fully saturated rings. The highest BCUT2D eigenvalue weighted by Crippen LogP contribution is 2.39. The molecule has 14 nitrogen and oxygen atoms in total. The Morgan fingerprint density at radius 1 is 0.869 bits per heavy atom. The highest BCUT2D eigenvalue weighted by atomic mass is 35.5. The molecule has 0 spiro atoms. The Morgan fingerprint density at radius 2 is 1.64 bits per heavy atom. The zero-order valence-corrected chi connectivity index (χ0v) is 36.0. The number of carbonyl (C=O) groups is 2.